The van der Waals surface area contributed by atoms with Crippen LogP contribution >= 0.6 is 0 Å². The Balaban J connectivity index is 1.27. The lowest BCUT2D eigenvalue weighted by atomic mass is 9.63. The fourth-order valence-corrected chi connectivity index (χ4v) is 5.17. The van der Waals surface area contributed by atoms with Gasteiger partial charge in [-0.2, -0.15) is 0 Å². The summed E-state index contributed by atoms with van der Waals surface area (Å²) in [4.78, 5) is 39.1. The highest BCUT2D eigenvalue weighted by atomic mass is 16.2. The Morgan fingerprint density at radius 2 is 1.60 bits per heavy atom. The predicted molar refractivity (Wildman–Crippen MR) is 89.7 cm³/mol. The molecule has 0 aromatic heterocycles. The number of carbonyl (C=O) groups is 3. The van der Waals surface area contributed by atoms with Crippen LogP contribution in [-0.2, 0) is 20.9 Å². The van der Waals surface area contributed by atoms with Gasteiger partial charge in [-0.15, -0.1) is 0 Å². The third kappa shape index (κ3) is 2.18. The summed E-state index contributed by atoms with van der Waals surface area (Å²) >= 11 is 0. The first-order valence-electron chi connectivity index (χ1n) is 8.99. The molecule has 1 aliphatic heterocycles. The lowest BCUT2D eigenvalue weighted by Gasteiger charge is -2.37. The third-order valence-corrected chi connectivity index (χ3v) is 6.39. The van der Waals surface area contributed by atoms with Crippen molar-refractivity contribution in [1.29, 1.82) is 0 Å². The van der Waals surface area contributed by atoms with Gasteiger partial charge in [0.05, 0.1) is 11.8 Å². The maximum absolute atomic E-state index is 12.8. The van der Waals surface area contributed by atoms with Gasteiger partial charge in [-0.05, 0) is 35.7 Å². The number of benzene rings is 1. The summed E-state index contributed by atoms with van der Waals surface area (Å²) in [5.41, 5.74) is 0.992. The smallest absolute Gasteiger partial charge is 0.240 e. The normalized spacial score (nSPS) is 37.0. The molecule has 1 saturated heterocycles. The van der Waals surface area contributed by atoms with Crippen LogP contribution in [0.4, 0.5) is 0 Å². The molecule has 5 aliphatic rings. The molecular weight excluding hydrogens is 316 g/mol. The molecule has 0 spiro atoms. The lowest BCUT2D eigenvalue weighted by molar-refractivity contribution is -0.143. The molecule has 3 fully saturated rings. The van der Waals surface area contributed by atoms with E-state index >= 15 is 0 Å². The molecule has 2 saturated carbocycles. The first-order valence-corrected chi connectivity index (χ1v) is 8.99. The van der Waals surface area contributed by atoms with Crippen molar-refractivity contribution in [3.8, 4) is 0 Å². The van der Waals surface area contributed by atoms with Crippen molar-refractivity contribution in [3.63, 3.8) is 0 Å². The van der Waals surface area contributed by atoms with E-state index in [1.54, 1.807) is 0 Å². The van der Waals surface area contributed by atoms with Gasteiger partial charge in [0.1, 0.15) is 6.54 Å². The van der Waals surface area contributed by atoms with Crippen LogP contribution in [0.1, 0.15) is 12.0 Å². The molecular formula is C20H20N2O3. The van der Waals surface area contributed by atoms with Gasteiger partial charge in [0.2, 0.25) is 17.7 Å². The van der Waals surface area contributed by atoms with E-state index in [1.165, 1.54) is 4.90 Å². The van der Waals surface area contributed by atoms with Crippen molar-refractivity contribution in [1.82, 2.24) is 10.2 Å². The molecule has 4 aliphatic carbocycles. The molecule has 6 rings (SSSR count). The quantitative estimate of drug-likeness (QED) is 0.667. The van der Waals surface area contributed by atoms with Crippen LogP contribution in [0.2, 0.25) is 0 Å². The van der Waals surface area contributed by atoms with Gasteiger partial charge in [-0.1, -0.05) is 42.5 Å². The second kappa shape index (κ2) is 5.28. The first kappa shape index (κ1) is 14.9. The molecule has 5 nitrogen and oxygen atoms in total. The fourth-order valence-electron chi connectivity index (χ4n) is 5.17. The van der Waals surface area contributed by atoms with Crippen LogP contribution in [-0.4, -0.2) is 29.2 Å². The minimum absolute atomic E-state index is 0.144. The Morgan fingerprint density at radius 3 is 2.20 bits per heavy atom. The van der Waals surface area contributed by atoms with Crippen molar-refractivity contribution in [2.24, 2.45) is 35.5 Å². The second-order valence-electron chi connectivity index (χ2n) is 7.68. The lowest BCUT2D eigenvalue weighted by Crippen LogP contribution is -2.41. The zero-order valence-electron chi connectivity index (χ0n) is 13.8. The van der Waals surface area contributed by atoms with Crippen LogP contribution in [0.25, 0.3) is 0 Å². The monoisotopic (exact) mass is 336 g/mol. The van der Waals surface area contributed by atoms with Crippen molar-refractivity contribution in [2.75, 3.05) is 6.54 Å². The first-order chi connectivity index (χ1) is 12.1. The summed E-state index contributed by atoms with van der Waals surface area (Å²) in [6.45, 7) is 0.242. The summed E-state index contributed by atoms with van der Waals surface area (Å²) in [6, 6.07) is 9.59. The van der Waals surface area contributed by atoms with Crippen LogP contribution < -0.4 is 5.32 Å². The van der Waals surface area contributed by atoms with Crippen molar-refractivity contribution in [3.05, 3.63) is 48.0 Å². The van der Waals surface area contributed by atoms with Gasteiger partial charge in [0.15, 0.2) is 0 Å². The molecule has 2 bridgehead atoms. The average molecular weight is 336 g/mol. The molecule has 5 heteroatoms. The average Bonchev–Trinajstić information content (AvgIpc) is 3.42. The molecule has 128 valence electrons. The summed E-state index contributed by atoms with van der Waals surface area (Å²) in [5, 5.41) is 2.80. The van der Waals surface area contributed by atoms with Gasteiger partial charge in [0, 0.05) is 6.54 Å². The minimum atomic E-state index is -0.283. The van der Waals surface area contributed by atoms with E-state index in [2.05, 4.69) is 17.5 Å². The summed E-state index contributed by atoms with van der Waals surface area (Å²) in [6.07, 6.45) is 5.43. The van der Waals surface area contributed by atoms with Gasteiger partial charge in [-0.25, -0.2) is 0 Å². The van der Waals surface area contributed by atoms with E-state index in [0.717, 1.165) is 12.0 Å². The number of hydrogen-bond acceptors (Lipinski definition) is 3. The SMILES string of the molecule is O=C(CN1C(=O)[C@@H]2[C@@H]3C=C[C@H]([C@H]4C[C@H]34)[C@@H]2C1=O)NCc1ccccc1. The predicted octanol–water partition coefficient (Wildman–Crippen LogP) is 1.36. The van der Waals surface area contributed by atoms with Gasteiger partial charge in [0.25, 0.3) is 0 Å². The fraction of sp³-hybridized carbons (Fsp3) is 0.450. The molecule has 25 heavy (non-hydrogen) atoms. The maximum atomic E-state index is 12.8. The van der Waals surface area contributed by atoms with Crippen molar-refractivity contribution in [2.45, 2.75) is 13.0 Å². The standard InChI is InChI=1S/C20H20N2O3/c23-16(21-9-11-4-2-1-3-5-11)10-22-19(24)17-12-6-7-13(15-8-14(12)15)18(17)20(22)25/h1-7,12-15,17-18H,8-10H2,(H,21,23)/t12-,13-,14-,15-,17-,18+/m1/s1. The molecule has 1 aromatic rings. The van der Waals surface area contributed by atoms with Gasteiger partial charge in [-0.3, -0.25) is 19.3 Å². The van der Waals surface area contributed by atoms with E-state index in [4.69, 9.17) is 0 Å². The third-order valence-electron chi connectivity index (χ3n) is 6.39. The minimum Gasteiger partial charge on any atom is -0.350 e. The maximum Gasteiger partial charge on any atom is 0.240 e. The highest BCUT2D eigenvalue weighted by Gasteiger charge is 2.67. The summed E-state index contributed by atoms with van der Waals surface area (Å²) in [5.74, 6) is 0.544. The van der Waals surface area contributed by atoms with E-state index in [0.29, 0.717) is 18.4 Å². The number of allylic oxidation sites excluding steroid dienone is 2. The van der Waals surface area contributed by atoms with E-state index in [9.17, 15) is 14.4 Å². The van der Waals surface area contributed by atoms with E-state index < -0.39 is 0 Å². The topological polar surface area (TPSA) is 66.5 Å². The zero-order chi connectivity index (χ0) is 17.1. The Labute approximate surface area is 146 Å². The van der Waals surface area contributed by atoms with Crippen LogP contribution in [0, 0.1) is 35.5 Å². The highest BCUT2D eigenvalue weighted by Crippen LogP contribution is 2.65. The molecule has 6 atom stereocenters. The molecule has 0 radical (unpaired) electrons. The molecule has 0 unspecified atom stereocenters. The van der Waals surface area contributed by atoms with Crippen LogP contribution in [0.15, 0.2) is 42.5 Å². The summed E-state index contributed by atoms with van der Waals surface area (Å²) < 4.78 is 0. The van der Waals surface area contributed by atoms with Crippen molar-refractivity contribution < 1.29 is 14.4 Å². The number of nitrogens with one attached hydrogen (secondary N) is 1. The Morgan fingerprint density at radius 1 is 1.00 bits per heavy atom. The molecule has 1 aromatic carbocycles. The Hall–Kier alpha value is -2.43. The molecule has 1 N–H and O–H groups in total. The largest absolute Gasteiger partial charge is 0.350 e. The molecule has 3 amide bonds. The molecule has 1 heterocycles. The number of amides is 3. The Bertz CT molecular complexity index is 751. The van der Waals surface area contributed by atoms with Crippen molar-refractivity contribution >= 4 is 17.7 Å². The van der Waals surface area contributed by atoms with Crippen LogP contribution in [0.3, 0.4) is 0 Å². The number of hydrogen-bond donors (Lipinski definition) is 1. The highest BCUT2D eigenvalue weighted by molar-refractivity contribution is 6.08. The van der Waals surface area contributed by atoms with E-state index in [1.807, 2.05) is 30.3 Å². The number of likely N-dealkylation sites (tertiary alicyclic amines) is 1. The zero-order valence-corrected chi connectivity index (χ0v) is 13.8. The number of rotatable bonds is 4. The number of imide groups is 1. The van der Waals surface area contributed by atoms with E-state index in [-0.39, 0.29) is 47.9 Å². The van der Waals surface area contributed by atoms with Gasteiger partial charge >= 0.3 is 0 Å². The number of carbonyl (C=O) groups excluding carboxylic acids is 3. The number of nitrogens with zero attached hydrogens (tertiary/aromatic N) is 1. The second-order valence-corrected chi connectivity index (χ2v) is 7.68. The Kier molecular flexibility index (Phi) is 3.14. The van der Waals surface area contributed by atoms with Crippen LogP contribution in [0.5, 0.6) is 0 Å². The summed E-state index contributed by atoms with van der Waals surface area (Å²) in [7, 11) is 0. The van der Waals surface area contributed by atoms with Gasteiger partial charge < -0.3 is 5.32 Å².